The van der Waals surface area contributed by atoms with Gasteiger partial charge in [-0.1, -0.05) is 12.1 Å². The van der Waals surface area contributed by atoms with Crippen molar-refractivity contribution in [3.05, 3.63) is 48.2 Å². The van der Waals surface area contributed by atoms with Gasteiger partial charge in [0.25, 0.3) is 5.22 Å². The van der Waals surface area contributed by atoms with Gasteiger partial charge in [-0.3, -0.25) is 5.41 Å². The van der Waals surface area contributed by atoms with E-state index < -0.39 is 0 Å². The zero-order valence-electron chi connectivity index (χ0n) is 9.83. The molecular weight excluding hydrogens is 260 g/mol. The summed E-state index contributed by atoms with van der Waals surface area (Å²) in [7, 11) is 0. The molecule has 3 aromatic rings. The Morgan fingerprint density at radius 3 is 2.74 bits per heavy atom. The Hall–Kier alpha value is -2.34. The molecule has 2 aromatic heterocycles. The molecule has 0 amide bonds. The maximum Gasteiger partial charge on any atom is 0.263 e. The zero-order chi connectivity index (χ0) is 13.2. The molecule has 0 saturated heterocycles. The average molecular weight is 270 g/mol. The van der Waals surface area contributed by atoms with Crippen LogP contribution in [0, 0.1) is 5.41 Å². The van der Waals surface area contributed by atoms with E-state index in [0.717, 1.165) is 16.1 Å². The highest BCUT2D eigenvalue weighted by Crippen LogP contribution is 2.28. The Kier molecular flexibility index (Phi) is 2.92. The van der Waals surface area contributed by atoms with Crippen LogP contribution in [0.3, 0.4) is 0 Å². The number of nitrogen functional groups attached to an aromatic ring is 1. The Balaban J connectivity index is 1.86. The van der Waals surface area contributed by atoms with E-state index in [0.29, 0.717) is 10.8 Å². The summed E-state index contributed by atoms with van der Waals surface area (Å²) in [6.07, 6.45) is 1.56. The molecule has 0 spiro atoms. The van der Waals surface area contributed by atoms with Crippen molar-refractivity contribution >= 4 is 28.7 Å². The number of nitrogens with one attached hydrogen (secondary N) is 1. The van der Waals surface area contributed by atoms with Crippen LogP contribution >= 0.6 is 11.8 Å². The highest BCUT2D eigenvalue weighted by Gasteiger charge is 2.08. The van der Waals surface area contributed by atoms with Gasteiger partial charge in [0.1, 0.15) is 16.4 Å². The largest absolute Gasteiger partial charge is 0.431 e. The van der Waals surface area contributed by atoms with E-state index in [-0.39, 0.29) is 5.84 Å². The van der Waals surface area contributed by atoms with Crippen molar-refractivity contribution in [2.45, 2.75) is 10.2 Å². The number of para-hydroxylation sites is 2. The second-order valence-corrected chi connectivity index (χ2v) is 4.82. The van der Waals surface area contributed by atoms with Crippen LogP contribution in [0.1, 0.15) is 5.56 Å². The summed E-state index contributed by atoms with van der Waals surface area (Å²) < 4.78 is 5.59. The fourth-order valence-corrected chi connectivity index (χ4v) is 2.28. The van der Waals surface area contributed by atoms with Gasteiger partial charge in [0.05, 0.1) is 0 Å². The van der Waals surface area contributed by atoms with Gasteiger partial charge in [-0.05, 0) is 36.0 Å². The lowest BCUT2D eigenvalue weighted by Gasteiger charge is -1.98. The molecular formula is C13H10N4OS. The first kappa shape index (κ1) is 11.7. The van der Waals surface area contributed by atoms with Gasteiger partial charge in [-0.25, -0.2) is 9.97 Å². The van der Waals surface area contributed by atoms with Crippen LogP contribution < -0.4 is 5.73 Å². The van der Waals surface area contributed by atoms with Gasteiger partial charge in [0, 0.05) is 11.8 Å². The van der Waals surface area contributed by atoms with Gasteiger partial charge in [0.15, 0.2) is 5.58 Å². The summed E-state index contributed by atoms with van der Waals surface area (Å²) in [4.78, 5) is 8.56. The molecule has 3 N–H and O–H groups in total. The minimum atomic E-state index is 0.00547. The smallest absolute Gasteiger partial charge is 0.263 e. The quantitative estimate of drug-likeness (QED) is 0.564. The molecule has 3 rings (SSSR count). The lowest BCUT2D eigenvalue weighted by Crippen LogP contribution is -2.10. The molecule has 6 heteroatoms. The molecule has 5 nitrogen and oxygen atoms in total. The maximum atomic E-state index is 7.30. The van der Waals surface area contributed by atoms with Crippen LogP contribution in [0.25, 0.3) is 11.1 Å². The third-order valence-electron chi connectivity index (χ3n) is 2.51. The topological polar surface area (TPSA) is 88.8 Å². The zero-order valence-corrected chi connectivity index (χ0v) is 10.6. The minimum Gasteiger partial charge on any atom is -0.431 e. The number of hydrogen-bond donors (Lipinski definition) is 2. The molecule has 0 aliphatic carbocycles. The van der Waals surface area contributed by atoms with Gasteiger partial charge in [-0.2, -0.15) is 0 Å². The van der Waals surface area contributed by atoms with E-state index in [1.165, 1.54) is 11.8 Å². The number of fused-ring (bicyclic) bond motifs is 1. The Bertz CT molecular complexity index is 703. The number of oxazole rings is 1. The number of benzene rings is 1. The van der Waals surface area contributed by atoms with E-state index in [1.807, 2.05) is 24.3 Å². The van der Waals surface area contributed by atoms with Crippen LogP contribution in [0.4, 0.5) is 0 Å². The fraction of sp³-hybridized carbons (Fsp3) is 0. The molecule has 0 aliphatic heterocycles. The predicted octanol–water partition coefficient (Wildman–Crippen LogP) is 2.66. The number of nitrogens with zero attached hydrogens (tertiary/aromatic N) is 2. The van der Waals surface area contributed by atoms with Crippen molar-refractivity contribution in [3.8, 4) is 0 Å². The Morgan fingerprint density at radius 1 is 1.21 bits per heavy atom. The van der Waals surface area contributed by atoms with Gasteiger partial charge >= 0.3 is 0 Å². The number of pyridine rings is 1. The van der Waals surface area contributed by atoms with Crippen LogP contribution in [0.2, 0.25) is 0 Å². The van der Waals surface area contributed by atoms with Crippen LogP contribution in [0.5, 0.6) is 0 Å². The summed E-state index contributed by atoms with van der Waals surface area (Å²) in [5.74, 6) is 0.00547. The van der Waals surface area contributed by atoms with Crippen molar-refractivity contribution in [2.75, 3.05) is 0 Å². The number of aromatic nitrogens is 2. The molecule has 0 atom stereocenters. The van der Waals surface area contributed by atoms with Crippen LogP contribution in [0.15, 0.2) is 57.3 Å². The summed E-state index contributed by atoms with van der Waals surface area (Å²) >= 11 is 1.33. The first-order chi connectivity index (χ1) is 9.22. The van der Waals surface area contributed by atoms with Gasteiger partial charge in [0.2, 0.25) is 0 Å². The standard InChI is InChI=1S/C13H10N4OS/c14-12(15)8-5-6-11(16-7-8)19-13-17-9-3-1-2-4-10(9)18-13/h1-7H,(H3,14,15). The van der Waals surface area contributed by atoms with Crippen molar-refractivity contribution in [1.82, 2.24) is 9.97 Å². The summed E-state index contributed by atoms with van der Waals surface area (Å²) in [6, 6.07) is 11.1. The van der Waals surface area contributed by atoms with Gasteiger partial charge in [-0.15, -0.1) is 0 Å². The molecule has 2 heterocycles. The summed E-state index contributed by atoms with van der Waals surface area (Å²) in [5, 5.41) is 8.59. The number of rotatable bonds is 3. The Labute approximate surface area is 113 Å². The third-order valence-corrected chi connectivity index (χ3v) is 3.31. The number of amidine groups is 1. The van der Waals surface area contributed by atoms with Crippen molar-refractivity contribution in [2.24, 2.45) is 5.73 Å². The molecule has 1 aromatic carbocycles. The highest BCUT2D eigenvalue weighted by atomic mass is 32.2. The van der Waals surface area contributed by atoms with E-state index in [9.17, 15) is 0 Å². The molecule has 19 heavy (non-hydrogen) atoms. The molecule has 0 aliphatic rings. The molecule has 94 valence electrons. The SMILES string of the molecule is N=C(N)c1ccc(Sc2nc3ccccc3o2)nc1. The van der Waals surface area contributed by atoms with Crippen molar-refractivity contribution < 1.29 is 4.42 Å². The van der Waals surface area contributed by atoms with Gasteiger partial charge < -0.3 is 10.2 Å². The molecule has 0 unspecified atom stereocenters. The fourth-order valence-electron chi connectivity index (χ4n) is 1.58. The normalized spacial score (nSPS) is 10.7. The molecule has 0 saturated carbocycles. The van der Waals surface area contributed by atoms with Crippen molar-refractivity contribution in [1.29, 1.82) is 5.41 Å². The van der Waals surface area contributed by atoms with E-state index >= 15 is 0 Å². The average Bonchev–Trinajstić information content (AvgIpc) is 2.81. The minimum absolute atomic E-state index is 0.00547. The summed E-state index contributed by atoms with van der Waals surface area (Å²) in [6.45, 7) is 0. The second-order valence-electron chi connectivity index (χ2n) is 3.85. The number of nitrogens with two attached hydrogens (primary N) is 1. The predicted molar refractivity (Wildman–Crippen MR) is 73.4 cm³/mol. The third kappa shape index (κ3) is 2.43. The van der Waals surface area contributed by atoms with Crippen molar-refractivity contribution in [3.63, 3.8) is 0 Å². The lowest BCUT2D eigenvalue weighted by atomic mass is 10.3. The lowest BCUT2D eigenvalue weighted by molar-refractivity contribution is 0.489. The molecule has 0 fully saturated rings. The Morgan fingerprint density at radius 2 is 2.05 bits per heavy atom. The highest BCUT2D eigenvalue weighted by molar-refractivity contribution is 7.99. The number of hydrogen-bond acceptors (Lipinski definition) is 5. The first-order valence-electron chi connectivity index (χ1n) is 5.56. The monoisotopic (exact) mass is 270 g/mol. The van der Waals surface area contributed by atoms with Crippen LogP contribution in [-0.4, -0.2) is 15.8 Å². The summed E-state index contributed by atoms with van der Waals surface area (Å²) in [5.41, 5.74) is 7.55. The first-order valence-corrected chi connectivity index (χ1v) is 6.38. The maximum absolute atomic E-state index is 7.30. The van der Waals surface area contributed by atoms with E-state index in [1.54, 1.807) is 18.3 Å². The molecule has 0 bridgehead atoms. The molecule has 0 radical (unpaired) electrons. The van der Waals surface area contributed by atoms with Crippen LogP contribution in [-0.2, 0) is 0 Å². The van der Waals surface area contributed by atoms with E-state index in [2.05, 4.69) is 9.97 Å². The van der Waals surface area contributed by atoms with E-state index in [4.69, 9.17) is 15.6 Å². The second kappa shape index (κ2) is 4.74.